The Morgan fingerprint density at radius 1 is 1.25 bits per heavy atom. The summed E-state index contributed by atoms with van der Waals surface area (Å²) < 4.78 is 0. The average Bonchev–Trinajstić information content (AvgIpc) is 2.80. The minimum atomic E-state index is 0.816. The molecule has 1 aliphatic carbocycles. The molecule has 0 spiro atoms. The van der Waals surface area contributed by atoms with E-state index >= 15 is 0 Å². The molecule has 16 heavy (non-hydrogen) atoms. The fourth-order valence-corrected chi connectivity index (χ4v) is 3.95. The SMILES string of the molecule is c1cc2c3c(c1)C1CCC[C@H]1N3CCNC2. The maximum absolute atomic E-state index is 3.53. The molecule has 1 fully saturated rings. The zero-order chi connectivity index (χ0) is 10.5. The number of nitrogens with zero attached hydrogens (tertiary/aromatic N) is 1. The molecule has 2 nitrogen and oxygen atoms in total. The number of anilines is 1. The molecule has 0 radical (unpaired) electrons. The van der Waals surface area contributed by atoms with Gasteiger partial charge in [0, 0.05) is 37.3 Å². The van der Waals surface area contributed by atoms with Crippen molar-refractivity contribution in [3.05, 3.63) is 29.3 Å². The Bertz CT molecular complexity index is 427. The van der Waals surface area contributed by atoms with Crippen LogP contribution < -0.4 is 10.2 Å². The molecule has 0 amide bonds. The lowest BCUT2D eigenvalue weighted by Gasteiger charge is -2.26. The van der Waals surface area contributed by atoms with Gasteiger partial charge in [-0.15, -0.1) is 0 Å². The van der Waals surface area contributed by atoms with Crippen LogP contribution in [0.1, 0.15) is 36.3 Å². The number of hydrogen-bond donors (Lipinski definition) is 1. The van der Waals surface area contributed by atoms with Gasteiger partial charge in [-0.3, -0.25) is 0 Å². The van der Waals surface area contributed by atoms with Gasteiger partial charge < -0.3 is 10.2 Å². The molecule has 2 heteroatoms. The molecule has 1 aromatic carbocycles. The van der Waals surface area contributed by atoms with Gasteiger partial charge in [0.25, 0.3) is 0 Å². The second kappa shape index (κ2) is 3.24. The van der Waals surface area contributed by atoms with Crippen LogP contribution in [0.3, 0.4) is 0 Å². The molecule has 0 aromatic heterocycles. The molecule has 1 aromatic rings. The lowest BCUT2D eigenvalue weighted by Crippen LogP contribution is -2.35. The summed E-state index contributed by atoms with van der Waals surface area (Å²) in [6.45, 7) is 3.39. The molecule has 0 bridgehead atoms. The first-order valence-corrected chi connectivity index (χ1v) is 6.54. The number of nitrogens with one attached hydrogen (secondary N) is 1. The van der Waals surface area contributed by atoms with Crippen LogP contribution in [0.2, 0.25) is 0 Å². The summed E-state index contributed by atoms with van der Waals surface area (Å²) in [6.07, 6.45) is 4.23. The molecule has 1 saturated carbocycles. The lowest BCUT2D eigenvalue weighted by molar-refractivity contribution is 0.578. The summed E-state index contributed by atoms with van der Waals surface area (Å²) in [5, 5.41) is 3.53. The van der Waals surface area contributed by atoms with Gasteiger partial charge in [0.05, 0.1) is 0 Å². The highest BCUT2D eigenvalue weighted by Crippen LogP contribution is 2.50. The molecular formula is C14H18N2. The largest absolute Gasteiger partial charge is 0.366 e. The maximum Gasteiger partial charge on any atom is 0.0451 e. The first kappa shape index (κ1) is 9.06. The Morgan fingerprint density at radius 2 is 2.25 bits per heavy atom. The number of rotatable bonds is 0. The normalized spacial score (nSPS) is 31.1. The highest BCUT2D eigenvalue weighted by Gasteiger charge is 2.42. The molecular weight excluding hydrogens is 196 g/mol. The molecule has 2 atom stereocenters. The molecule has 4 rings (SSSR count). The van der Waals surface area contributed by atoms with Gasteiger partial charge in [-0.05, 0) is 24.0 Å². The van der Waals surface area contributed by atoms with Crippen LogP contribution >= 0.6 is 0 Å². The third kappa shape index (κ3) is 1.06. The summed E-state index contributed by atoms with van der Waals surface area (Å²) in [6, 6.07) is 7.73. The van der Waals surface area contributed by atoms with E-state index in [1.165, 1.54) is 31.4 Å². The first-order chi connectivity index (χ1) is 7.95. The Hall–Kier alpha value is -1.02. The van der Waals surface area contributed by atoms with Gasteiger partial charge in [0.2, 0.25) is 0 Å². The fraction of sp³-hybridized carbons (Fsp3) is 0.571. The van der Waals surface area contributed by atoms with E-state index in [4.69, 9.17) is 0 Å². The Kier molecular flexibility index (Phi) is 1.83. The summed E-state index contributed by atoms with van der Waals surface area (Å²) in [4.78, 5) is 2.70. The van der Waals surface area contributed by atoms with Gasteiger partial charge in [-0.2, -0.15) is 0 Å². The number of benzene rings is 1. The maximum atomic E-state index is 3.53. The van der Waals surface area contributed by atoms with E-state index in [0.717, 1.165) is 25.0 Å². The zero-order valence-electron chi connectivity index (χ0n) is 9.58. The van der Waals surface area contributed by atoms with Crippen molar-refractivity contribution in [3.8, 4) is 0 Å². The second-order valence-corrected chi connectivity index (χ2v) is 5.33. The molecule has 2 heterocycles. The van der Waals surface area contributed by atoms with Crippen LogP contribution in [-0.4, -0.2) is 19.1 Å². The van der Waals surface area contributed by atoms with Crippen LogP contribution in [0.4, 0.5) is 5.69 Å². The monoisotopic (exact) mass is 214 g/mol. The number of para-hydroxylation sites is 1. The summed E-state index contributed by atoms with van der Waals surface area (Å²) >= 11 is 0. The zero-order valence-corrected chi connectivity index (χ0v) is 9.58. The van der Waals surface area contributed by atoms with Gasteiger partial charge in [0.1, 0.15) is 0 Å². The minimum Gasteiger partial charge on any atom is -0.366 e. The second-order valence-electron chi connectivity index (χ2n) is 5.33. The van der Waals surface area contributed by atoms with Crippen molar-refractivity contribution < 1.29 is 0 Å². The predicted octanol–water partition coefficient (Wildman–Crippen LogP) is 2.25. The predicted molar refractivity (Wildman–Crippen MR) is 65.9 cm³/mol. The first-order valence-electron chi connectivity index (χ1n) is 6.54. The van der Waals surface area contributed by atoms with Crippen molar-refractivity contribution in [2.75, 3.05) is 18.0 Å². The van der Waals surface area contributed by atoms with Crippen LogP contribution in [0.5, 0.6) is 0 Å². The van der Waals surface area contributed by atoms with Gasteiger partial charge in [-0.1, -0.05) is 24.6 Å². The van der Waals surface area contributed by atoms with Crippen molar-refractivity contribution in [1.82, 2.24) is 5.32 Å². The highest BCUT2D eigenvalue weighted by molar-refractivity contribution is 5.67. The summed E-state index contributed by atoms with van der Waals surface area (Å²) in [7, 11) is 0. The topological polar surface area (TPSA) is 15.3 Å². The fourth-order valence-electron chi connectivity index (χ4n) is 3.95. The van der Waals surface area contributed by atoms with Gasteiger partial charge in [0.15, 0.2) is 0 Å². The van der Waals surface area contributed by atoms with Crippen molar-refractivity contribution in [2.24, 2.45) is 0 Å². The minimum absolute atomic E-state index is 0.816. The van der Waals surface area contributed by atoms with E-state index in [1.54, 1.807) is 11.3 Å². The third-order valence-electron chi connectivity index (χ3n) is 4.56. The summed E-state index contributed by atoms with van der Waals surface area (Å²) in [5.41, 5.74) is 4.75. The van der Waals surface area contributed by atoms with E-state index in [2.05, 4.69) is 28.4 Å². The van der Waals surface area contributed by atoms with Gasteiger partial charge >= 0.3 is 0 Å². The van der Waals surface area contributed by atoms with E-state index < -0.39 is 0 Å². The molecule has 1 N–H and O–H groups in total. The molecule has 2 aliphatic heterocycles. The molecule has 1 unspecified atom stereocenters. The van der Waals surface area contributed by atoms with E-state index in [1.807, 2.05) is 0 Å². The van der Waals surface area contributed by atoms with Crippen LogP contribution in [-0.2, 0) is 6.54 Å². The number of fused-ring (bicyclic) bond motifs is 3. The van der Waals surface area contributed by atoms with E-state index in [-0.39, 0.29) is 0 Å². The standard InChI is InChI=1S/C14H18N2/c1-3-10-9-15-7-8-16-13-6-2-4-11(13)12(5-1)14(10)16/h1,3,5,11,13,15H,2,4,6-9H2/t11?,13-/m1/s1. The van der Waals surface area contributed by atoms with E-state index in [0.29, 0.717) is 0 Å². The quantitative estimate of drug-likeness (QED) is 0.712. The molecule has 84 valence electrons. The highest BCUT2D eigenvalue weighted by atomic mass is 15.2. The van der Waals surface area contributed by atoms with Crippen molar-refractivity contribution >= 4 is 5.69 Å². The summed E-state index contributed by atoms with van der Waals surface area (Å²) in [5.74, 6) is 0.841. The van der Waals surface area contributed by atoms with Crippen molar-refractivity contribution in [2.45, 2.75) is 37.8 Å². The van der Waals surface area contributed by atoms with Crippen molar-refractivity contribution in [1.29, 1.82) is 0 Å². The van der Waals surface area contributed by atoms with Crippen molar-refractivity contribution in [3.63, 3.8) is 0 Å². The smallest absolute Gasteiger partial charge is 0.0451 e. The third-order valence-corrected chi connectivity index (χ3v) is 4.56. The van der Waals surface area contributed by atoms with Crippen LogP contribution in [0, 0.1) is 0 Å². The average molecular weight is 214 g/mol. The Labute approximate surface area is 96.6 Å². The van der Waals surface area contributed by atoms with Crippen LogP contribution in [0.25, 0.3) is 0 Å². The molecule has 0 saturated heterocycles. The lowest BCUT2D eigenvalue weighted by atomic mass is 9.96. The van der Waals surface area contributed by atoms with E-state index in [9.17, 15) is 0 Å². The molecule has 3 aliphatic rings. The Morgan fingerprint density at radius 3 is 3.25 bits per heavy atom. The van der Waals surface area contributed by atoms with Gasteiger partial charge in [-0.25, -0.2) is 0 Å². The van der Waals surface area contributed by atoms with Crippen LogP contribution in [0.15, 0.2) is 18.2 Å². The number of hydrogen-bond acceptors (Lipinski definition) is 2. The Balaban J connectivity index is 1.92.